The molecule has 19 heavy (non-hydrogen) atoms. The number of carbonyl (C=O) groups is 2. The molecule has 1 atom stereocenters. The maximum absolute atomic E-state index is 13.3. The highest BCUT2D eigenvalue weighted by Gasteiger charge is 2.19. The molecule has 3 N–H and O–H groups in total. The van der Waals surface area contributed by atoms with Crippen LogP contribution in [0.4, 0.5) is 19.3 Å². The zero-order chi connectivity index (χ0) is 14.4. The SMILES string of the molecule is CCC[C@H](NC(=O)Nc1cccc(F)c1F)C(=O)O. The van der Waals surface area contributed by atoms with Gasteiger partial charge >= 0.3 is 12.0 Å². The Labute approximate surface area is 108 Å². The normalized spacial score (nSPS) is 11.7. The van der Waals surface area contributed by atoms with Crippen LogP contribution >= 0.6 is 0 Å². The summed E-state index contributed by atoms with van der Waals surface area (Å²) < 4.78 is 26.2. The van der Waals surface area contributed by atoms with Crippen LogP contribution in [0.1, 0.15) is 19.8 Å². The van der Waals surface area contributed by atoms with Gasteiger partial charge < -0.3 is 15.7 Å². The number of carbonyl (C=O) groups excluding carboxylic acids is 1. The number of rotatable bonds is 5. The number of amides is 2. The molecule has 0 aliphatic rings. The van der Waals surface area contributed by atoms with Gasteiger partial charge in [0.25, 0.3) is 0 Å². The Balaban J connectivity index is 2.69. The molecule has 104 valence electrons. The molecule has 0 aliphatic heterocycles. The fourth-order valence-corrected chi connectivity index (χ4v) is 1.46. The van der Waals surface area contributed by atoms with Crippen molar-refractivity contribution in [1.82, 2.24) is 5.32 Å². The minimum absolute atomic E-state index is 0.244. The molecule has 0 bridgehead atoms. The molecule has 5 nitrogen and oxygen atoms in total. The first-order valence-electron chi connectivity index (χ1n) is 5.70. The Morgan fingerprint density at radius 1 is 1.37 bits per heavy atom. The Hall–Kier alpha value is -2.18. The first-order valence-corrected chi connectivity index (χ1v) is 5.70. The van der Waals surface area contributed by atoms with Crippen LogP contribution in [-0.4, -0.2) is 23.1 Å². The smallest absolute Gasteiger partial charge is 0.326 e. The van der Waals surface area contributed by atoms with E-state index in [1.165, 1.54) is 12.1 Å². The van der Waals surface area contributed by atoms with Crippen LogP contribution in [0, 0.1) is 11.6 Å². The summed E-state index contributed by atoms with van der Waals surface area (Å²) in [5.41, 5.74) is -0.349. The second-order valence-electron chi connectivity index (χ2n) is 3.88. The zero-order valence-corrected chi connectivity index (χ0v) is 10.2. The number of hydrogen-bond donors (Lipinski definition) is 3. The van der Waals surface area contributed by atoms with E-state index in [1.807, 2.05) is 0 Å². The Kier molecular flexibility index (Phi) is 5.23. The van der Waals surface area contributed by atoms with Gasteiger partial charge in [-0.3, -0.25) is 0 Å². The van der Waals surface area contributed by atoms with Crippen molar-refractivity contribution >= 4 is 17.7 Å². The fraction of sp³-hybridized carbons (Fsp3) is 0.333. The van der Waals surface area contributed by atoms with E-state index in [2.05, 4.69) is 10.6 Å². The molecule has 0 heterocycles. The summed E-state index contributed by atoms with van der Waals surface area (Å²) in [5, 5.41) is 13.1. The molecular formula is C12H14F2N2O3. The third-order valence-corrected chi connectivity index (χ3v) is 2.38. The number of nitrogens with one attached hydrogen (secondary N) is 2. The van der Waals surface area contributed by atoms with Crippen molar-refractivity contribution in [1.29, 1.82) is 0 Å². The highest BCUT2D eigenvalue weighted by atomic mass is 19.2. The largest absolute Gasteiger partial charge is 0.480 e. The fourth-order valence-electron chi connectivity index (χ4n) is 1.46. The number of anilines is 1. The second kappa shape index (κ2) is 6.67. The lowest BCUT2D eigenvalue weighted by Gasteiger charge is -2.14. The summed E-state index contributed by atoms with van der Waals surface area (Å²) in [7, 11) is 0. The number of hydrogen-bond acceptors (Lipinski definition) is 2. The minimum Gasteiger partial charge on any atom is -0.480 e. The summed E-state index contributed by atoms with van der Waals surface area (Å²) in [6, 6.07) is 1.35. The van der Waals surface area contributed by atoms with Gasteiger partial charge in [0.2, 0.25) is 0 Å². The van der Waals surface area contributed by atoms with Crippen LogP contribution in [0.25, 0.3) is 0 Å². The topological polar surface area (TPSA) is 78.4 Å². The highest BCUT2D eigenvalue weighted by molar-refractivity contribution is 5.92. The molecule has 0 radical (unpaired) electrons. The number of aliphatic carboxylic acids is 1. The summed E-state index contributed by atoms with van der Waals surface area (Å²) in [4.78, 5) is 22.3. The monoisotopic (exact) mass is 272 g/mol. The van der Waals surface area contributed by atoms with Crippen LogP contribution in [0.3, 0.4) is 0 Å². The van der Waals surface area contributed by atoms with Crippen molar-refractivity contribution < 1.29 is 23.5 Å². The lowest BCUT2D eigenvalue weighted by molar-refractivity contribution is -0.139. The third-order valence-electron chi connectivity index (χ3n) is 2.38. The summed E-state index contributed by atoms with van der Waals surface area (Å²) in [6.45, 7) is 1.77. The predicted octanol–water partition coefficient (Wildman–Crippen LogP) is 2.34. The summed E-state index contributed by atoms with van der Waals surface area (Å²) in [6.07, 6.45) is 0.806. The Bertz CT molecular complexity index is 480. The van der Waals surface area contributed by atoms with E-state index in [-0.39, 0.29) is 12.1 Å². The molecule has 1 aromatic carbocycles. The molecule has 0 aromatic heterocycles. The van der Waals surface area contributed by atoms with E-state index in [0.717, 1.165) is 6.07 Å². The predicted molar refractivity (Wildman–Crippen MR) is 64.8 cm³/mol. The van der Waals surface area contributed by atoms with Crippen molar-refractivity contribution in [3.63, 3.8) is 0 Å². The van der Waals surface area contributed by atoms with E-state index >= 15 is 0 Å². The van der Waals surface area contributed by atoms with Gasteiger partial charge in [0.1, 0.15) is 6.04 Å². The molecule has 0 fully saturated rings. The van der Waals surface area contributed by atoms with Gasteiger partial charge in [-0.2, -0.15) is 0 Å². The van der Waals surface area contributed by atoms with Crippen molar-refractivity contribution in [3.05, 3.63) is 29.8 Å². The lowest BCUT2D eigenvalue weighted by Crippen LogP contribution is -2.43. The average molecular weight is 272 g/mol. The van der Waals surface area contributed by atoms with E-state index < -0.39 is 29.7 Å². The molecule has 0 spiro atoms. The molecule has 2 amide bonds. The van der Waals surface area contributed by atoms with Crippen molar-refractivity contribution in [3.8, 4) is 0 Å². The molecule has 0 unspecified atom stereocenters. The highest BCUT2D eigenvalue weighted by Crippen LogP contribution is 2.16. The first-order chi connectivity index (χ1) is 8.95. The van der Waals surface area contributed by atoms with E-state index in [4.69, 9.17) is 5.11 Å². The van der Waals surface area contributed by atoms with Gasteiger partial charge in [-0.25, -0.2) is 18.4 Å². The van der Waals surface area contributed by atoms with Crippen molar-refractivity contribution in [2.45, 2.75) is 25.8 Å². The van der Waals surface area contributed by atoms with Crippen molar-refractivity contribution in [2.75, 3.05) is 5.32 Å². The van der Waals surface area contributed by atoms with Gasteiger partial charge in [-0.1, -0.05) is 19.4 Å². The van der Waals surface area contributed by atoms with Gasteiger partial charge in [-0.05, 0) is 18.6 Å². The van der Waals surface area contributed by atoms with Crippen LogP contribution < -0.4 is 10.6 Å². The first kappa shape index (κ1) is 14.9. The van der Waals surface area contributed by atoms with Gasteiger partial charge in [0.05, 0.1) is 5.69 Å². The van der Waals surface area contributed by atoms with Crippen LogP contribution in [0.5, 0.6) is 0 Å². The second-order valence-corrected chi connectivity index (χ2v) is 3.88. The number of benzene rings is 1. The Morgan fingerprint density at radius 3 is 2.63 bits per heavy atom. The number of carboxylic acids is 1. The molecule has 0 aliphatic carbocycles. The Morgan fingerprint density at radius 2 is 2.05 bits per heavy atom. The molecule has 0 saturated carbocycles. The quantitative estimate of drug-likeness (QED) is 0.769. The zero-order valence-electron chi connectivity index (χ0n) is 10.2. The number of urea groups is 1. The standard InChI is InChI=1S/C12H14F2N2O3/c1-2-4-9(11(17)18)16-12(19)15-8-6-3-5-7(13)10(8)14/h3,5-6,9H,2,4H2,1H3,(H,17,18)(H2,15,16,19)/t9-/m0/s1. The molecule has 1 rings (SSSR count). The van der Waals surface area contributed by atoms with E-state index in [9.17, 15) is 18.4 Å². The lowest BCUT2D eigenvalue weighted by atomic mass is 10.2. The van der Waals surface area contributed by atoms with E-state index in [0.29, 0.717) is 6.42 Å². The molecule has 1 aromatic rings. The number of carboxylic acid groups (broad SMARTS) is 1. The summed E-state index contributed by atoms with van der Waals surface area (Å²) >= 11 is 0. The molecular weight excluding hydrogens is 258 g/mol. The third kappa shape index (κ3) is 4.20. The van der Waals surface area contributed by atoms with Crippen LogP contribution in [0.2, 0.25) is 0 Å². The number of halogens is 2. The average Bonchev–Trinajstić information content (AvgIpc) is 2.34. The van der Waals surface area contributed by atoms with Gasteiger partial charge in [-0.15, -0.1) is 0 Å². The van der Waals surface area contributed by atoms with Gasteiger partial charge in [0, 0.05) is 0 Å². The van der Waals surface area contributed by atoms with Gasteiger partial charge in [0.15, 0.2) is 11.6 Å². The maximum atomic E-state index is 13.3. The van der Waals surface area contributed by atoms with E-state index in [1.54, 1.807) is 6.92 Å². The van der Waals surface area contributed by atoms with Crippen LogP contribution in [0.15, 0.2) is 18.2 Å². The van der Waals surface area contributed by atoms with Crippen LogP contribution in [-0.2, 0) is 4.79 Å². The van der Waals surface area contributed by atoms with Crippen molar-refractivity contribution in [2.24, 2.45) is 0 Å². The molecule has 0 saturated heterocycles. The minimum atomic E-state index is -1.19. The summed E-state index contributed by atoms with van der Waals surface area (Å²) in [5.74, 6) is -3.47. The maximum Gasteiger partial charge on any atom is 0.326 e. The molecule has 7 heteroatoms.